The summed E-state index contributed by atoms with van der Waals surface area (Å²) < 4.78 is 0. The molecule has 0 aromatic heterocycles. The van der Waals surface area contributed by atoms with E-state index in [0.29, 0.717) is 6.42 Å². The van der Waals surface area contributed by atoms with E-state index in [4.69, 9.17) is 5.11 Å². The Morgan fingerprint density at radius 3 is 2.53 bits per heavy atom. The third kappa shape index (κ3) is 2.97. The Kier molecular flexibility index (Phi) is 3.99. The Morgan fingerprint density at radius 1 is 1.12 bits per heavy atom. The van der Waals surface area contributed by atoms with Gasteiger partial charge < -0.3 is 15.7 Å². The Bertz CT molecular complexity index is 300. The van der Waals surface area contributed by atoms with E-state index in [1.54, 1.807) is 0 Å². The third-order valence-corrected chi connectivity index (χ3v) is 3.79. The van der Waals surface area contributed by atoms with Gasteiger partial charge in [0.1, 0.15) is 0 Å². The van der Waals surface area contributed by atoms with Crippen LogP contribution in [0, 0.1) is 5.92 Å². The van der Waals surface area contributed by atoms with Crippen LogP contribution < -0.4 is 10.6 Å². The second kappa shape index (κ2) is 5.49. The molecule has 1 aliphatic heterocycles. The van der Waals surface area contributed by atoms with Crippen molar-refractivity contribution in [1.29, 1.82) is 0 Å². The van der Waals surface area contributed by atoms with Crippen LogP contribution in [0.15, 0.2) is 0 Å². The van der Waals surface area contributed by atoms with Gasteiger partial charge in [0.05, 0.1) is 12.0 Å². The summed E-state index contributed by atoms with van der Waals surface area (Å²) in [6, 6.07) is -0.303. The molecule has 0 spiro atoms. The molecule has 0 aromatic rings. The highest BCUT2D eigenvalue weighted by Crippen LogP contribution is 2.25. The lowest BCUT2D eigenvalue weighted by molar-refractivity contribution is -0.144. The fraction of sp³-hybridized carbons (Fsp3) is 0.833. The van der Waals surface area contributed by atoms with Crippen LogP contribution in [-0.4, -0.2) is 35.6 Å². The molecule has 3 unspecified atom stereocenters. The van der Waals surface area contributed by atoms with Gasteiger partial charge in [0.25, 0.3) is 0 Å². The maximum atomic E-state index is 11.9. The van der Waals surface area contributed by atoms with Crippen LogP contribution in [0.3, 0.4) is 0 Å². The topological polar surface area (TPSA) is 78.4 Å². The van der Waals surface area contributed by atoms with Crippen LogP contribution >= 0.6 is 0 Å². The second-order valence-electron chi connectivity index (χ2n) is 4.99. The smallest absolute Gasteiger partial charge is 0.308 e. The number of aliphatic carboxylic acids is 1. The van der Waals surface area contributed by atoms with Gasteiger partial charge in [-0.3, -0.25) is 9.59 Å². The summed E-state index contributed by atoms with van der Waals surface area (Å²) in [5.74, 6) is -1.22. The molecule has 2 rings (SSSR count). The number of nitrogens with one attached hydrogen (secondary N) is 2. The SMILES string of the molecule is O=C(NC1CCCCC1C(=O)O)C1CCCN1. The summed E-state index contributed by atoms with van der Waals surface area (Å²) in [4.78, 5) is 23.0. The van der Waals surface area contributed by atoms with E-state index in [9.17, 15) is 9.59 Å². The van der Waals surface area contributed by atoms with E-state index in [1.807, 2.05) is 0 Å². The number of hydrogen-bond donors (Lipinski definition) is 3. The Labute approximate surface area is 101 Å². The van der Waals surface area contributed by atoms with Gasteiger partial charge in [0.15, 0.2) is 0 Å². The fourth-order valence-corrected chi connectivity index (χ4v) is 2.79. The molecule has 1 aliphatic carbocycles. The number of carboxylic acid groups (broad SMARTS) is 1. The normalized spacial score (nSPS) is 33.3. The zero-order valence-electron chi connectivity index (χ0n) is 9.95. The van der Waals surface area contributed by atoms with Crippen molar-refractivity contribution >= 4 is 11.9 Å². The molecule has 3 atom stereocenters. The summed E-state index contributed by atoms with van der Waals surface area (Å²) >= 11 is 0. The zero-order chi connectivity index (χ0) is 12.3. The van der Waals surface area contributed by atoms with Gasteiger partial charge in [-0.15, -0.1) is 0 Å². The highest BCUT2D eigenvalue weighted by Gasteiger charge is 2.33. The van der Waals surface area contributed by atoms with Crippen molar-refractivity contribution in [3.8, 4) is 0 Å². The molecule has 1 saturated carbocycles. The Hall–Kier alpha value is -1.10. The van der Waals surface area contributed by atoms with Crippen molar-refractivity contribution in [1.82, 2.24) is 10.6 Å². The first-order chi connectivity index (χ1) is 8.18. The first kappa shape index (κ1) is 12.4. The number of amides is 1. The van der Waals surface area contributed by atoms with Crippen LogP contribution in [0.25, 0.3) is 0 Å². The van der Waals surface area contributed by atoms with Gasteiger partial charge in [-0.1, -0.05) is 12.8 Å². The first-order valence-corrected chi connectivity index (χ1v) is 6.45. The molecule has 5 heteroatoms. The number of carboxylic acids is 1. The lowest BCUT2D eigenvalue weighted by Crippen LogP contribution is -2.50. The maximum Gasteiger partial charge on any atom is 0.308 e. The van der Waals surface area contributed by atoms with Crippen LogP contribution in [0.5, 0.6) is 0 Å². The van der Waals surface area contributed by atoms with Gasteiger partial charge in [0, 0.05) is 6.04 Å². The molecule has 1 saturated heterocycles. The molecule has 0 radical (unpaired) electrons. The number of carbonyl (C=O) groups is 2. The maximum absolute atomic E-state index is 11.9. The number of carbonyl (C=O) groups excluding carboxylic acids is 1. The lowest BCUT2D eigenvalue weighted by atomic mass is 9.84. The minimum atomic E-state index is -0.783. The van der Waals surface area contributed by atoms with E-state index < -0.39 is 11.9 Å². The average Bonchev–Trinajstić information content (AvgIpc) is 2.83. The largest absolute Gasteiger partial charge is 0.481 e. The summed E-state index contributed by atoms with van der Waals surface area (Å²) in [7, 11) is 0. The Balaban J connectivity index is 1.90. The summed E-state index contributed by atoms with van der Waals surface area (Å²) in [5.41, 5.74) is 0. The summed E-state index contributed by atoms with van der Waals surface area (Å²) in [5, 5.41) is 15.2. The van der Waals surface area contributed by atoms with Crippen molar-refractivity contribution in [2.45, 2.75) is 50.6 Å². The monoisotopic (exact) mass is 240 g/mol. The predicted octanol–water partition coefficient (Wildman–Crippen LogP) is 0.498. The van der Waals surface area contributed by atoms with E-state index >= 15 is 0 Å². The lowest BCUT2D eigenvalue weighted by Gasteiger charge is -2.30. The van der Waals surface area contributed by atoms with Crippen molar-refractivity contribution in [3.05, 3.63) is 0 Å². The van der Waals surface area contributed by atoms with Gasteiger partial charge >= 0.3 is 5.97 Å². The summed E-state index contributed by atoms with van der Waals surface area (Å²) in [6.45, 7) is 0.880. The highest BCUT2D eigenvalue weighted by atomic mass is 16.4. The van der Waals surface area contributed by atoms with Crippen LogP contribution in [0.1, 0.15) is 38.5 Å². The minimum Gasteiger partial charge on any atom is -0.481 e. The second-order valence-corrected chi connectivity index (χ2v) is 4.99. The van der Waals surface area contributed by atoms with Crippen LogP contribution in [0.4, 0.5) is 0 Å². The van der Waals surface area contributed by atoms with Gasteiger partial charge in [-0.05, 0) is 32.2 Å². The molecule has 2 fully saturated rings. The molecular weight excluding hydrogens is 220 g/mol. The summed E-state index contributed by atoms with van der Waals surface area (Å²) in [6.07, 6.45) is 5.30. The van der Waals surface area contributed by atoms with E-state index in [0.717, 1.165) is 38.6 Å². The number of hydrogen-bond acceptors (Lipinski definition) is 3. The molecule has 0 aromatic carbocycles. The van der Waals surface area contributed by atoms with Crippen LogP contribution in [-0.2, 0) is 9.59 Å². The molecule has 0 bridgehead atoms. The molecule has 2 aliphatic rings. The Morgan fingerprint density at radius 2 is 1.88 bits per heavy atom. The van der Waals surface area contributed by atoms with Crippen molar-refractivity contribution < 1.29 is 14.7 Å². The first-order valence-electron chi connectivity index (χ1n) is 6.45. The van der Waals surface area contributed by atoms with Crippen LogP contribution in [0.2, 0.25) is 0 Å². The number of rotatable bonds is 3. The molecule has 1 amide bonds. The average molecular weight is 240 g/mol. The van der Waals surface area contributed by atoms with E-state index in [2.05, 4.69) is 10.6 Å². The quantitative estimate of drug-likeness (QED) is 0.671. The van der Waals surface area contributed by atoms with Gasteiger partial charge in [-0.25, -0.2) is 0 Å². The molecule has 5 nitrogen and oxygen atoms in total. The third-order valence-electron chi connectivity index (χ3n) is 3.79. The highest BCUT2D eigenvalue weighted by molar-refractivity contribution is 5.83. The molecular formula is C12H20N2O3. The molecule has 1 heterocycles. The van der Waals surface area contributed by atoms with Crippen molar-refractivity contribution in [2.75, 3.05) is 6.54 Å². The van der Waals surface area contributed by atoms with Crippen molar-refractivity contribution in [2.24, 2.45) is 5.92 Å². The molecule has 17 heavy (non-hydrogen) atoms. The zero-order valence-corrected chi connectivity index (χ0v) is 9.95. The predicted molar refractivity (Wildman–Crippen MR) is 62.5 cm³/mol. The standard InChI is InChI=1S/C12H20N2O3/c15-11(10-6-3-7-13-10)14-9-5-2-1-4-8(9)12(16)17/h8-10,13H,1-7H2,(H,14,15)(H,16,17). The molecule has 96 valence electrons. The fourth-order valence-electron chi connectivity index (χ4n) is 2.79. The van der Waals surface area contributed by atoms with Gasteiger partial charge in [0.2, 0.25) is 5.91 Å². The molecule has 3 N–H and O–H groups in total. The minimum absolute atomic E-state index is 0.0272. The van der Waals surface area contributed by atoms with E-state index in [1.165, 1.54) is 0 Å². The van der Waals surface area contributed by atoms with Crippen molar-refractivity contribution in [3.63, 3.8) is 0 Å². The van der Waals surface area contributed by atoms with E-state index in [-0.39, 0.29) is 18.0 Å². The van der Waals surface area contributed by atoms with Gasteiger partial charge in [-0.2, -0.15) is 0 Å².